The van der Waals surface area contributed by atoms with Crippen molar-refractivity contribution in [2.75, 3.05) is 5.32 Å². The van der Waals surface area contributed by atoms with Gasteiger partial charge in [0.1, 0.15) is 10.3 Å². The predicted molar refractivity (Wildman–Crippen MR) is 109 cm³/mol. The Labute approximate surface area is 161 Å². The zero-order chi connectivity index (χ0) is 19.2. The number of aromatic nitrogens is 3. The zero-order valence-corrected chi connectivity index (χ0v) is 16.7. The lowest BCUT2D eigenvalue weighted by Gasteiger charge is -2.19. The van der Waals surface area contributed by atoms with Gasteiger partial charge in [0.25, 0.3) is 0 Å². The van der Waals surface area contributed by atoms with E-state index in [-0.39, 0.29) is 4.90 Å². The first-order valence-corrected chi connectivity index (χ1v) is 10.7. The second kappa shape index (κ2) is 6.24. The lowest BCUT2D eigenvalue weighted by atomic mass is 10.2. The fourth-order valence-corrected chi connectivity index (χ4v) is 4.58. The van der Waals surface area contributed by atoms with Crippen LogP contribution in [0.5, 0.6) is 0 Å². The van der Waals surface area contributed by atoms with Crippen LogP contribution in [0.1, 0.15) is 20.8 Å². The molecule has 4 rings (SSSR count). The third kappa shape index (κ3) is 3.15. The van der Waals surface area contributed by atoms with Crippen LogP contribution in [0.4, 0.5) is 11.4 Å². The molecule has 0 bridgehead atoms. The number of nitrogens with zero attached hydrogens (tertiary/aromatic N) is 3. The molecule has 0 fully saturated rings. The molecule has 8 heteroatoms. The summed E-state index contributed by atoms with van der Waals surface area (Å²) in [5.41, 5.74) is 4.84. The molecular formula is C19H18N4O2S2. The third-order valence-corrected chi connectivity index (χ3v) is 7.53. The van der Waals surface area contributed by atoms with Crippen LogP contribution in [0, 0.1) is 0 Å². The van der Waals surface area contributed by atoms with Crippen molar-refractivity contribution in [3.63, 3.8) is 0 Å². The summed E-state index contributed by atoms with van der Waals surface area (Å²) in [4.78, 5) is 14.2. The van der Waals surface area contributed by atoms with Gasteiger partial charge in [-0.15, -0.1) is 11.3 Å². The topological polar surface area (TPSA) is 84.8 Å². The van der Waals surface area contributed by atoms with Crippen LogP contribution in [0.2, 0.25) is 0 Å². The van der Waals surface area contributed by atoms with E-state index in [2.05, 4.69) is 20.3 Å². The lowest BCUT2D eigenvalue weighted by molar-refractivity contribution is 0.560. The summed E-state index contributed by atoms with van der Waals surface area (Å²) < 4.78 is 24.8. The maximum atomic E-state index is 12.8. The molecule has 0 aliphatic carbocycles. The number of rotatable bonds is 3. The van der Waals surface area contributed by atoms with Crippen molar-refractivity contribution < 1.29 is 8.42 Å². The number of anilines is 2. The SMILES string of the molecule is CC(C)(C)S(=O)(=O)c1ccc2nccc(Nc3cnc4scnc4c3)c2c1. The van der Waals surface area contributed by atoms with E-state index in [4.69, 9.17) is 0 Å². The maximum absolute atomic E-state index is 12.8. The molecule has 0 atom stereocenters. The molecule has 0 unspecified atom stereocenters. The summed E-state index contributed by atoms with van der Waals surface area (Å²) in [5, 5.41) is 4.05. The Hall–Kier alpha value is -2.58. The van der Waals surface area contributed by atoms with Gasteiger partial charge in [-0.3, -0.25) is 4.98 Å². The molecule has 3 heterocycles. The average molecular weight is 399 g/mol. The minimum absolute atomic E-state index is 0.284. The minimum atomic E-state index is -3.46. The zero-order valence-electron chi connectivity index (χ0n) is 15.1. The molecule has 3 aromatic heterocycles. The quantitative estimate of drug-likeness (QED) is 0.545. The maximum Gasteiger partial charge on any atom is 0.183 e. The van der Waals surface area contributed by atoms with Gasteiger partial charge in [0, 0.05) is 17.3 Å². The van der Waals surface area contributed by atoms with Crippen LogP contribution in [-0.4, -0.2) is 28.1 Å². The molecule has 0 aliphatic heterocycles. The molecule has 138 valence electrons. The smallest absolute Gasteiger partial charge is 0.183 e. The first-order valence-electron chi connectivity index (χ1n) is 8.35. The Morgan fingerprint density at radius 1 is 1.00 bits per heavy atom. The number of sulfone groups is 1. The average Bonchev–Trinajstić information content (AvgIpc) is 3.08. The molecule has 27 heavy (non-hydrogen) atoms. The van der Waals surface area contributed by atoms with Gasteiger partial charge in [0.15, 0.2) is 9.84 Å². The summed E-state index contributed by atoms with van der Waals surface area (Å²) in [6.45, 7) is 5.09. The van der Waals surface area contributed by atoms with Gasteiger partial charge >= 0.3 is 0 Å². The van der Waals surface area contributed by atoms with Gasteiger partial charge < -0.3 is 5.32 Å². The summed E-state index contributed by atoms with van der Waals surface area (Å²) in [6.07, 6.45) is 3.43. The van der Waals surface area contributed by atoms with E-state index in [9.17, 15) is 8.42 Å². The largest absolute Gasteiger partial charge is 0.354 e. The van der Waals surface area contributed by atoms with Gasteiger partial charge in [-0.05, 0) is 51.1 Å². The first kappa shape index (κ1) is 17.8. The van der Waals surface area contributed by atoms with Gasteiger partial charge in [-0.25, -0.2) is 18.4 Å². The highest BCUT2D eigenvalue weighted by atomic mass is 32.2. The highest BCUT2D eigenvalue weighted by Gasteiger charge is 2.31. The highest BCUT2D eigenvalue weighted by Crippen LogP contribution is 2.31. The Morgan fingerprint density at radius 3 is 2.59 bits per heavy atom. The van der Waals surface area contributed by atoms with Crippen molar-refractivity contribution in [2.24, 2.45) is 0 Å². The van der Waals surface area contributed by atoms with E-state index >= 15 is 0 Å². The molecule has 0 amide bonds. The molecule has 1 aromatic carbocycles. The van der Waals surface area contributed by atoms with E-state index in [1.807, 2.05) is 12.1 Å². The van der Waals surface area contributed by atoms with Crippen molar-refractivity contribution in [3.05, 3.63) is 48.2 Å². The van der Waals surface area contributed by atoms with Crippen molar-refractivity contribution in [3.8, 4) is 0 Å². The number of pyridine rings is 2. The second-order valence-electron chi connectivity index (χ2n) is 7.18. The number of hydrogen-bond donors (Lipinski definition) is 1. The standard InChI is InChI=1S/C19H18N4O2S2/c1-19(2,3)27(24,25)13-4-5-15-14(9-13)16(6-7-20-15)23-12-8-17-18(21-10-12)26-11-22-17/h4-11H,1-3H3,(H,20,23). The van der Waals surface area contributed by atoms with Crippen LogP contribution >= 0.6 is 11.3 Å². The van der Waals surface area contributed by atoms with E-state index < -0.39 is 14.6 Å². The van der Waals surface area contributed by atoms with Gasteiger partial charge in [0.05, 0.1) is 32.6 Å². The minimum Gasteiger partial charge on any atom is -0.354 e. The van der Waals surface area contributed by atoms with Crippen LogP contribution < -0.4 is 5.32 Å². The van der Waals surface area contributed by atoms with E-state index in [1.54, 1.807) is 56.9 Å². The van der Waals surface area contributed by atoms with Crippen molar-refractivity contribution >= 4 is 53.8 Å². The van der Waals surface area contributed by atoms with Crippen LogP contribution in [0.15, 0.2) is 53.1 Å². The molecule has 0 saturated heterocycles. The molecule has 4 aromatic rings. The Bertz CT molecular complexity index is 1260. The lowest BCUT2D eigenvalue weighted by Crippen LogP contribution is -2.27. The molecule has 0 radical (unpaired) electrons. The number of thiazole rings is 1. The molecule has 0 saturated carbocycles. The normalized spacial score (nSPS) is 12.6. The molecule has 6 nitrogen and oxygen atoms in total. The van der Waals surface area contributed by atoms with Crippen LogP contribution in [0.25, 0.3) is 21.3 Å². The van der Waals surface area contributed by atoms with Gasteiger partial charge in [0.2, 0.25) is 0 Å². The monoisotopic (exact) mass is 398 g/mol. The first-order chi connectivity index (χ1) is 12.8. The molecule has 0 spiro atoms. The summed E-state index contributed by atoms with van der Waals surface area (Å²) in [5.74, 6) is 0. The van der Waals surface area contributed by atoms with Crippen molar-refractivity contribution in [1.82, 2.24) is 15.0 Å². The number of hydrogen-bond acceptors (Lipinski definition) is 7. The Balaban J connectivity index is 1.82. The summed E-state index contributed by atoms with van der Waals surface area (Å²) >= 11 is 1.49. The van der Waals surface area contributed by atoms with Crippen molar-refractivity contribution in [2.45, 2.75) is 30.4 Å². The van der Waals surface area contributed by atoms with E-state index in [0.717, 1.165) is 32.6 Å². The highest BCUT2D eigenvalue weighted by molar-refractivity contribution is 7.92. The Morgan fingerprint density at radius 2 is 1.81 bits per heavy atom. The summed E-state index contributed by atoms with van der Waals surface area (Å²) in [7, 11) is -3.46. The number of nitrogens with one attached hydrogen (secondary N) is 1. The van der Waals surface area contributed by atoms with E-state index in [0.29, 0.717) is 0 Å². The van der Waals surface area contributed by atoms with Gasteiger partial charge in [-0.2, -0.15) is 0 Å². The fraction of sp³-hybridized carbons (Fsp3) is 0.211. The van der Waals surface area contributed by atoms with E-state index in [1.165, 1.54) is 11.3 Å². The second-order valence-corrected chi connectivity index (χ2v) is 10.7. The molecular weight excluding hydrogens is 380 g/mol. The van der Waals surface area contributed by atoms with Crippen molar-refractivity contribution in [1.29, 1.82) is 0 Å². The fourth-order valence-electron chi connectivity index (χ4n) is 2.74. The predicted octanol–water partition coefficient (Wildman–Crippen LogP) is 4.56. The number of fused-ring (bicyclic) bond motifs is 2. The van der Waals surface area contributed by atoms with Crippen LogP contribution in [-0.2, 0) is 9.84 Å². The number of benzene rings is 1. The Kier molecular flexibility index (Phi) is 4.12. The third-order valence-electron chi connectivity index (χ3n) is 4.30. The van der Waals surface area contributed by atoms with Gasteiger partial charge in [-0.1, -0.05) is 0 Å². The molecule has 0 aliphatic rings. The molecule has 1 N–H and O–H groups in total. The van der Waals surface area contributed by atoms with Crippen LogP contribution in [0.3, 0.4) is 0 Å². The summed E-state index contributed by atoms with van der Waals surface area (Å²) in [6, 6.07) is 8.77.